The zero-order valence-corrected chi connectivity index (χ0v) is 16.9. The van der Waals surface area contributed by atoms with Crippen LogP contribution in [-0.4, -0.2) is 18.2 Å². The van der Waals surface area contributed by atoms with Gasteiger partial charge in [-0.2, -0.15) is 13.2 Å². The molecule has 0 saturated carbocycles. The van der Waals surface area contributed by atoms with Gasteiger partial charge in [-0.25, -0.2) is 0 Å². The summed E-state index contributed by atoms with van der Waals surface area (Å²) in [7, 11) is 0. The third-order valence-electron chi connectivity index (χ3n) is 5.04. The monoisotopic (exact) mass is 413 g/mol. The molecule has 1 heterocycles. The van der Waals surface area contributed by atoms with Gasteiger partial charge in [-0.1, -0.05) is 55.5 Å². The predicted octanol–water partition coefficient (Wildman–Crippen LogP) is 5.13. The Kier molecular flexibility index (Phi) is 7.24. The normalized spacial score (nSPS) is 13.7. The van der Waals surface area contributed by atoms with Crippen LogP contribution in [0.3, 0.4) is 0 Å². The minimum Gasteiger partial charge on any atom is -0.304 e. The van der Waals surface area contributed by atoms with Crippen molar-refractivity contribution in [1.29, 1.82) is 0 Å². The van der Waals surface area contributed by atoms with E-state index in [0.29, 0.717) is 24.3 Å². The highest BCUT2D eigenvalue weighted by Crippen LogP contribution is 2.36. The molecule has 1 aromatic heterocycles. The summed E-state index contributed by atoms with van der Waals surface area (Å²) >= 11 is 0. The molecule has 2 N–H and O–H groups in total. The van der Waals surface area contributed by atoms with Crippen LogP contribution in [-0.2, 0) is 18.1 Å². The molecule has 158 valence electrons. The first-order valence-electron chi connectivity index (χ1n) is 10.0. The average molecular weight is 413 g/mol. The van der Waals surface area contributed by atoms with Crippen LogP contribution in [0.2, 0.25) is 0 Å². The number of nitrogens with one attached hydrogen (secondary N) is 2. The smallest absolute Gasteiger partial charge is 0.304 e. The lowest BCUT2D eigenvalue weighted by atomic mass is 9.80. The standard InChI is InChI=1S/C24H26F3N3/c1-2-14-28-18-30-23(22-13-6-7-15-29-22,17-19-9-4-3-5-10-19)20-11-8-12-21(16-20)24(25,26)27/h3-13,15-16,28,30H,2,14,17-18H2,1H3. The van der Waals surface area contributed by atoms with Gasteiger partial charge in [0.2, 0.25) is 0 Å². The molecule has 0 bridgehead atoms. The fraction of sp³-hybridized carbons (Fsp3) is 0.292. The molecule has 3 aromatic rings. The highest BCUT2D eigenvalue weighted by atomic mass is 19.4. The molecule has 0 amide bonds. The van der Waals surface area contributed by atoms with Crippen molar-refractivity contribution in [3.63, 3.8) is 0 Å². The lowest BCUT2D eigenvalue weighted by Crippen LogP contribution is -2.49. The van der Waals surface area contributed by atoms with Crippen LogP contribution in [0.25, 0.3) is 0 Å². The Morgan fingerprint density at radius 2 is 1.60 bits per heavy atom. The van der Waals surface area contributed by atoms with Crippen LogP contribution in [0.4, 0.5) is 13.2 Å². The third kappa shape index (κ3) is 5.26. The lowest BCUT2D eigenvalue weighted by Gasteiger charge is -2.36. The summed E-state index contributed by atoms with van der Waals surface area (Å²) in [5, 5.41) is 6.79. The topological polar surface area (TPSA) is 37.0 Å². The number of pyridine rings is 1. The molecule has 0 radical (unpaired) electrons. The Morgan fingerprint density at radius 1 is 0.867 bits per heavy atom. The minimum atomic E-state index is -4.42. The number of alkyl halides is 3. The number of benzene rings is 2. The van der Waals surface area contributed by atoms with Crippen LogP contribution >= 0.6 is 0 Å². The summed E-state index contributed by atoms with van der Waals surface area (Å²) in [6.07, 6.45) is -1.33. The van der Waals surface area contributed by atoms with Gasteiger partial charge in [0, 0.05) is 19.3 Å². The first-order valence-corrected chi connectivity index (χ1v) is 10.0. The van der Waals surface area contributed by atoms with Crippen LogP contribution in [0.15, 0.2) is 79.0 Å². The Balaban J connectivity index is 2.14. The van der Waals surface area contributed by atoms with Gasteiger partial charge < -0.3 is 5.32 Å². The van der Waals surface area contributed by atoms with Gasteiger partial charge in [0.1, 0.15) is 0 Å². The van der Waals surface area contributed by atoms with Crippen molar-refractivity contribution in [3.8, 4) is 0 Å². The van der Waals surface area contributed by atoms with Gasteiger partial charge in [-0.3, -0.25) is 10.3 Å². The van der Waals surface area contributed by atoms with E-state index in [1.807, 2.05) is 42.5 Å². The quantitative estimate of drug-likeness (QED) is 0.377. The van der Waals surface area contributed by atoms with Gasteiger partial charge in [-0.05, 0) is 48.4 Å². The molecule has 3 nitrogen and oxygen atoms in total. The first-order chi connectivity index (χ1) is 14.5. The van der Waals surface area contributed by atoms with E-state index in [2.05, 4.69) is 22.5 Å². The summed E-state index contributed by atoms with van der Waals surface area (Å²) in [5.41, 5.74) is 0.606. The second-order valence-electron chi connectivity index (χ2n) is 7.21. The van der Waals surface area contributed by atoms with Gasteiger partial charge in [-0.15, -0.1) is 0 Å². The Morgan fingerprint density at radius 3 is 2.27 bits per heavy atom. The van der Waals surface area contributed by atoms with E-state index >= 15 is 0 Å². The third-order valence-corrected chi connectivity index (χ3v) is 5.04. The van der Waals surface area contributed by atoms with Crippen LogP contribution < -0.4 is 10.6 Å². The summed E-state index contributed by atoms with van der Waals surface area (Å²) in [6.45, 7) is 3.31. The Labute approximate surface area is 175 Å². The van der Waals surface area contributed by atoms with Crippen LogP contribution in [0.5, 0.6) is 0 Å². The number of aromatic nitrogens is 1. The molecule has 6 heteroatoms. The van der Waals surface area contributed by atoms with Crippen molar-refractivity contribution in [2.45, 2.75) is 31.5 Å². The second kappa shape index (κ2) is 9.87. The molecule has 1 unspecified atom stereocenters. The molecule has 30 heavy (non-hydrogen) atoms. The van der Waals surface area contributed by atoms with E-state index in [1.54, 1.807) is 18.3 Å². The van der Waals surface area contributed by atoms with E-state index < -0.39 is 17.3 Å². The minimum absolute atomic E-state index is 0.438. The summed E-state index contributed by atoms with van der Waals surface area (Å²) in [5.74, 6) is 0. The predicted molar refractivity (Wildman–Crippen MR) is 113 cm³/mol. The molecule has 0 spiro atoms. The summed E-state index contributed by atoms with van der Waals surface area (Å²) in [4.78, 5) is 4.54. The largest absolute Gasteiger partial charge is 0.416 e. The van der Waals surface area contributed by atoms with Gasteiger partial charge >= 0.3 is 6.18 Å². The maximum atomic E-state index is 13.5. The van der Waals surface area contributed by atoms with Gasteiger partial charge in [0.25, 0.3) is 0 Å². The Bertz CT molecular complexity index is 914. The fourth-order valence-corrected chi connectivity index (χ4v) is 3.55. The molecule has 0 fully saturated rings. The maximum absolute atomic E-state index is 13.5. The zero-order valence-electron chi connectivity index (χ0n) is 16.9. The van der Waals surface area contributed by atoms with Crippen LogP contribution in [0.1, 0.15) is 35.7 Å². The molecule has 1 atom stereocenters. The van der Waals surface area contributed by atoms with E-state index in [1.165, 1.54) is 12.1 Å². The van der Waals surface area contributed by atoms with Crippen molar-refractivity contribution < 1.29 is 13.2 Å². The first kappa shape index (κ1) is 22.0. The Hall–Kier alpha value is -2.70. The van der Waals surface area contributed by atoms with Crippen molar-refractivity contribution in [1.82, 2.24) is 15.6 Å². The average Bonchev–Trinajstić information content (AvgIpc) is 2.77. The van der Waals surface area contributed by atoms with E-state index in [9.17, 15) is 13.2 Å². The molecule has 2 aromatic carbocycles. The molecule has 0 aliphatic rings. The molecule has 0 saturated heterocycles. The zero-order chi connectivity index (χ0) is 21.5. The van der Waals surface area contributed by atoms with Gasteiger partial charge in [0.05, 0.1) is 16.8 Å². The highest BCUT2D eigenvalue weighted by Gasteiger charge is 2.38. The van der Waals surface area contributed by atoms with Crippen LogP contribution in [0, 0.1) is 0 Å². The van der Waals surface area contributed by atoms with Crippen molar-refractivity contribution in [2.75, 3.05) is 13.2 Å². The SMILES string of the molecule is CCCNCNC(Cc1ccccc1)(c1cccc(C(F)(F)F)c1)c1ccccn1. The van der Waals surface area contributed by atoms with E-state index in [-0.39, 0.29) is 0 Å². The number of hydrogen-bond donors (Lipinski definition) is 2. The highest BCUT2D eigenvalue weighted by molar-refractivity contribution is 5.40. The van der Waals surface area contributed by atoms with E-state index in [0.717, 1.165) is 24.6 Å². The fourth-order valence-electron chi connectivity index (χ4n) is 3.55. The van der Waals surface area contributed by atoms with Crippen molar-refractivity contribution in [2.24, 2.45) is 0 Å². The number of hydrogen-bond acceptors (Lipinski definition) is 3. The lowest BCUT2D eigenvalue weighted by molar-refractivity contribution is -0.137. The number of halogens is 3. The summed E-state index contributed by atoms with van der Waals surface area (Å²) in [6, 6.07) is 20.8. The van der Waals surface area contributed by atoms with E-state index in [4.69, 9.17) is 0 Å². The number of rotatable bonds is 9. The van der Waals surface area contributed by atoms with Crippen molar-refractivity contribution in [3.05, 3.63) is 101 Å². The molecular formula is C24H26F3N3. The molecule has 0 aliphatic heterocycles. The second-order valence-corrected chi connectivity index (χ2v) is 7.21. The van der Waals surface area contributed by atoms with Gasteiger partial charge in [0.15, 0.2) is 0 Å². The summed E-state index contributed by atoms with van der Waals surface area (Å²) < 4.78 is 40.5. The number of nitrogens with zero attached hydrogens (tertiary/aromatic N) is 1. The molecule has 0 aliphatic carbocycles. The molecular weight excluding hydrogens is 387 g/mol. The van der Waals surface area contributed by atoms with Crippen molar-refractivity contribution >= 4 is 0 Å². The molecule has 3 rings (SSSR count). The maximum Gasteiger partial charge on any atom is 0.416 e.